The Hall–Kier alpha value is -10.6. The Morgan fingerprint density at radius 1 is 0.413 bits per heavy atom. The lowest BCUT2D eigenvalue weighted by Gasteiger charge is -2.26. The summed E-state index contributed by atoms with van der Waals surface area (Å²) in [6, 6.07) is 50.7. The van der Waals surface area contributed by atoms with Crippen molar-refractivity contribution in [3.05, 3.63) is 264 Å². The molecule has 0 saturated carbocycles. The molecular formula is C94H94BrClFN3O18S3. The molecule has 6 atom stereocenters. The lowest BCUT2D eigenvalue weighted by Crippen LogP contribution is -2.39. The number of hydrogen-bond donors (Lipinski definition) is 1. The Morgan fingerprint density at radius 3 is 0.992 bits per heavy atom. The minimum atomic E-state index is -1.52. The Kier molecular flexibility index (Phi) is 28.3. The standard InChI is InChI=1S/C94H94BrClFN3O18S3/c1-53-38-59(39-54(2)83(53)114-92(7,8)86(104)105)44-66-47-98(89(108)111-71-26-20-68(95)21-27-71)51-78(66)81(102)63-16-34-75(35-17-63)120-117-88(107)94(11,12)116-85-57(5)42-61(43-58(85)6)46-67-49-100(91(110)113-73-30-24-70(97)25-31-73)52-79(67)82(103)64-18-36-76(37-19-64)121-118-87(106)93(9,10)115-84-55(3)40-60(41-56(84)4)45-65-48-99(90(109)112-72-28-22-69(96)23-29-72)50-77(65)80(101)62-14-32-74(119-13)33-15-62/h14-43,65-67,77-79H,44-52H2,1-13H3,(H,104,105). The van der Waals surface area contributed by atoms with Gasteiger partial charge in [0.1, 0.15) is 40.3 Å². The van der Waals surface area contributed by atoms with E-state index in [9.17, 15) is 52.6 Å². The van der Waals surface area contributed by atoms with Crippen molar-refractivity contribution >= 4 is 117 Å². The second kappa shape index (κ2) is 38.2. The Balaban J connectivity index is 0.667. The minimum Gasteiger partial charge on any atom is -0.478 e. The fourth-order valence-corrected chi connectivity index (χ4v) is 17.5. The van der Waals surface area contributed by atoms with Crippen LogP contribution >= 0.6 is 63.4 Å². The van der Waals surface area contributed by atoms with Crippen LogP contribution < -0.4 is 28.4 Å². The Morgan fingerprint density at radius 2 is 0.694 bits per heavy atom. The molecule has 9 aromatic carbocycles. The molecule has 0 spiro atoms. The largest absolute Gasteiger partial charge is 0.478 e. The van der Waals surface area contributed by atoms with Crippen LogP contribution in [-0.4, -0.2) is 136 Å². The third kappa shape index (κ3) is 22.2. The lowest BCUT2D eigenvalue weighted by molar-refractivity contribution is -0.152. The quantitative estimate of drug-likeness (QED) is 0.0259. The number of hydrogen-bond acceptors (Lipinski definition) is 20. The Bertz CT molecular complexity index is 5340. The predicted octanol–water partition coefficient (Wildman–Crippen LogP) is 20.4. The van der Waals surface area contributed by atoms with Gasteiger partial charge in [0.25, 0.3) is 0 Å². The molecule has 632 valence electrons. The van der Waals surface area contributed by atoms with Gasteiger partial charge in [0, 0.05) is 97.9 Å². The minimum absolute atomic E-state index is 0.00439. The van der Waals surface area contributed by atoms with Crippen molar-refractivity contribution in [2.45, 2.75) is 134 Å². The van der Waals surface area contributed by atoms with Gasteiger partial charge in [0.15, 0.2) is 23.0 Å². The molecule has 0 bridgehead atoms. The molecule has 6 unspecified atom stereocenters. The van der Waals surface area contributed by atoms with Crippen LogP contribution in [-0.2, 0) is 42.0 Å². The highest BCUT2D eigenvalue weighted by Gasteiger charge is 2.45. The molecule has 21 nitrogen and oxygen atoms in total. The second-order valence-electron chi connectivity index (χ2n) is 32.5. The van der Waals surface area contributed by atoms with Gasteiger partial charge in [-0.3, -0.25) is 14.4 Å². The SMILES string of the molecule is CSc1ccc(C(=O)C2CN(C(=O)Oc3ccc(Cl)cc3)CC2Cc2cc(C)c(OC(C)(C)C(=O)OSc3ccc(C(=O)C4CN(C(=O)Oc5ccc(F)cc5)CC4Cc4cc(C)c(OC(C)(C)C(=O)OSc5ccc(C(=O)C6CN(C(=O)Oc7ccc(Br)cc7)CC6Cc6cc(C)c(OC(C)(C)C(=O)O)c(C)c6)cc5)c(C)c4)cc3)c(C)c2)cc1. The van der Waals surface area contributed by atoms with Crippen LogP contribution in [0.5, 0.6) is 34.5 Å². The van der Waals surface area contributed by atoms with Crippen molar-refractivity contribution in [3.8, 4) is 34.5 Å². The second-order valence-corrected chi connectivity index (χ2v) is 36.3. The van der Waals surface area contributed by atoms with E-state index in [1.807, 2.05) is 108 Å². The number of ketones is 3. The third-order valence-corrected chi connectivity index (χ3v) is 24.8. The number of aryl methyl sites for hydroxylation is 6. The molecule has 3 fully saturated rings. The number of likely N-dealkylation sites (tertiary alicyclic amines) is 3. The first-order valence-corrected chi connectivity index (χ1v) is 43.3. The van der Waals surface area contributed by atoms with Gasteiger partial charge < -0.3 is 56.6 Å². The van der Waals surface area contributed by atoms with E-state index in [0.717, 1.165) is 72.4 Å². The van der Waals surface area contributed by atoms with Gasteiger partial charge in [-0.05, 0) is 286 Å². The molecule has 0 aromatic heterocycles. The predicted molar refractivity (Wildman–Crippen MR) is 464 cm³/mol. The fourth-order valence-electron chi connectivity index (χ4n) is 15.5. The summed E-state index contributed by atoms with van der Waals surface area (Å²) in [6.45, 7) is 21.4. The average Bonchev–Trinajstić information content (AvgIpc) is 1.78. The average molecular weight is 1780 g/mol. The number of halogens is 3. The summed E-state index contributed by atoms with van der Waals surface area (Å²) < 4.78 is 62.4. The molecule has 3 heterocycles. The molecule has 3 amide bonds. The maximum atomic E-state index is 14.8. The normalized spacial score (nSPS) is 17.2. The number of rotatable bonds is 29. The number of amides is 3. The molecule has 12 rings (SSSR count). The number of aliphatic carboxylic acids is 1. The van der Waals surface area contributed by atoms with Crippen LogP contribution in [0.25, 0.3) is 0 Å². The zero-order valence-corrected chi connectivity index (χ0v) is 74.0. The van der Waals surface area contributed by atoms with Crippen LogP contribution in [0.2, 0.25) is 5.02 Å². The molecule has 0 aliphatic carbocycles. The first-order chi connectivity index (χ1) is 57.4. The number of Topliss-reactive ketones (excluding diaryl/α,β-unsaturated/α-hetero) is 3. The highest BCUT2D eigenvalue weighted by Crippen LogP contribution is 2.41. The van der Waals surface area contributed by atoms with Crippen LogP contribution in [0.3, 0.4) is 0 Å². The van der Waals surface area contributed by atoms with Crippen molar-refractivity contribution in [3.63, 3.8) is 0 Å². The van der Waals surface area contributed by atoms with Crippen LogP contribution in [0.15, 0.2) is 201 Å². The maximum Gasteiger partial charge on any atom is 0.415 e. The van der Waals surface area contributed by atoms with Gasteiger partial charge in [0.2, 0.25) is 11.2 Å². The Labute approximate surface area is 729 Å². The summed E-state index contributed by atoms with van der Waals surface area (Å²) in [6.07, 6.45) is 1.28. The molecule has 3 aliphatic heterocycles. The smallest absolute Gasteiger partial charge is 0.415 e. The summed E-state index contributed by atoms with van der Waals surface area (Å²) in [5.41, 5.74) is 3.71. The third-order valence-electron chi connectivity index (χ3n) is 21.9. The summed E-state index contributed by atoms with van der Waals surface area (Å²) >= 11 is 12.7. The van der Waals surface area contributed by atoms with Crippen LogP contribution in [0.4, 0.5) is 18.8 Å². The zero-order valence-electron chi connectivity index (χ0n) is 69.2. The van der Waals surface area contributed by atoms with E-state index in [4.69, 9.17) is 48.4 Å². The lowest BCUT2D eigenvalue weighted by atomic mass is 9.84. The maximum absolute atomic E-state index is 14.8. The first-order valence-electron chi connectivity index (χ1n) is 39.4. The van der Waals surface area contributed by atoms with Gasteiger partial charge in [-0.2, -0.15) is 0 Å². The number of thioether (sulfide) groups is 1. The molecule has 27 heteroatoms. The van der Waals surface area contributed by atoms with Crippen molar-refractivity contribution < 1.29 is 89.4 Å². The number of carboxylic acids is 1. The van der Waals surface area contributed by atoms with Crippen molar-refractivity contribution in [1.82, 2.24) is 14.7 Å². The van der Waals surface area contributed by atoms with Gasteiger partial charge >= 0.3 is 36.2 Å². The van der Waals surface area contributed by atoms with Gasteiger partial charge in [-0.25, -0.2) is 33.2 Å². The number of ether oxygens (including phenoxy) is 6. The van der Waals surface area contributed by atoms with E-state index >= 15 is 0 Å². The number of nitrogens with zero attached hydrogens (tertiary/aromatic N) is 3. The van der Waals surface area contributed by atoms with E-state index < -0.39 is 82.5 Å². The molecule has 9 aromatic rings. The highest BCUT2D eigenvalue weighted by atomic mass is 79.9. The molecule has 1 N–H and O–H groups in total. The summed E-state index contributed by atoms with van der Waals surface area (Å²) in [5.74, 6) is -4.27. The number of carbonyl (C=O) groups is 9. The van der Waals surface area contributed by atoms with Crippen LogP contribution in [0.1, 0.15) is 123 Å². The number of benzene rings is 9. The van der Waals surface area contributed by atoms with Crippen molar-refractivity contribution in [2.75, 3.05) is 45.5 Å². The number of carboxylic acid groups (broad SMARTS) is 1. The zero-order chi connectivity index (χ0) is 87.1. The van der Waals surface area contributed by atoms with Crippen molar-refractivity contribution in [2.24, 2.45) is 35.5 Å². The monoisotopic (exact) mass is 1780 g/mol. The topological polar surface area (TPSA) is 257 Å². The number of carbonyl (C=O) groups excluding carboxylic acids is 8. The van der Waals surface area contributed by atoms with E-state index in [-0.39, 0.29) is 74.2 Å². The van der Waals surface area contributed by atoms with Gasteiger partial charge in [-0.1, -0.05) is 100 Å². The van der Waals surface area contributed by atoms with Crippen LogP contribution in [0, 0.1) is 82.9 Å². The van der Waals surface area contributed by atoms with Gasteiger partial charge in [0.05, 0.1) is 24.1 Å². The highest BCUT2D eigenvalue weighted by molar-refractivity contribution is 9.10. The molecule has 3 aliphatic rings. The summed E-state index contributed by atoms with van der Waals surface area (Å²) in [7, 11) is 0. The van der Waals surface area contributed by atoms with Crippen molar-refractivity contribution in [1.29, 1.82) is 0 Å². The fraction of sp³-hybridized carbons (Fsp3) is 0.330. The van der Waals surface area contributed by atoms with E-state index in [1.165, 1.54) is 47.9 Å². The van der Waals surface area contributed by atoms with E-state index in [1.54, 1.807) is 141 Å². The summed E-state index contributed by atoms with van der Waals surface area (Å²) in [4.78, 5) is 131. The molecular weight excluding hydrogens is 1690 g/mol. The molecule has 121 heavy (non-hydrogen) atoms. The van der Waals surface area contributed by atoms with E-state index in [2.05, 4.69) is 15.9 Å². The molecule has 0 radical (unpaired) electrons. The molecule has 3 saturated heterocycles. The van der Waals surface area contributed by atoms with E-state index in [0.29, 0.717) is 90.6 Å². The first kappa shape index (κ1) is 89.6. The summed E-state index contributed by atoms with van der Waals surface area (Å²) in [5, 5.41) is 10.3. The van der Waals surface area contributed by atoms with Gasteiger partial charge in [-0.15, -0.1) is 11.8 Å².